The monoisotopic (exact) mass is 345 g/mol. The second kappa shape index (κ2) is 6.53. The number of carbonyl (C=O) groups is 1. The van der Waals surface area contributed by atoms with Crippen molar-refractivity contribution in [2.45, 2.75) is 63.5 Å². The van der Waals surface area contributed by atoms with Crippen LogP contribution in [0.4, 0.5) is 0 Å². The van der Waals surface area contributed by atoms with E-state index in [4.69, 9.17) is 0 Å². The lowest BCUT2D eigenvalue weighted by Crippen LogP contribution is -2.58. The van der Waals surface area contributed by atoms with Crippen molar-refractivity contribution in [3.63, 3.8) is 0 Å². The van der Waals surface area contributed by atoms with Crippen LogP contribution in [0.25, 0.3) is 0 Å². The van der Waals surface area contributed by atoms with E-state index in [9.17, 15) is 4.79 Å². The molecule has 6 rings (SSSR count). The highest BCUT2D eigenvalue weighted by atomic mass is 16.2. The standard InChI is InChI=1S/C21H35N3O/c1-23-6-4-14(12-23)13-24-5-2-3-19(24)21(25)22-20-17-8-15-7-16(10-17)11-18(20)9-15/h14-20H,2-13H2,1H3,(H,22,25)/t14?,15?,16?,17?,18?,19-,20?/m1/s1. The van der Waals surface area contributed by atoms with Crippen LogP contribution < -0.4 is 5.32 Å². The van der Waals surface area contributed by atoms with E-state index in [-0.39, 0.29) is 6.04 Å². The van der Waals surface area contributed by atoms with Crippen LogP contribution in [0, 0.1) is 29.6 Å². The van der Waals surface area contributed by atoms with Gasteiger partial charge < -0.3 is 10.2 Å². The Hall–Kier alpha value is -0.610. The lowest BCUT2D eigenvalue weighted by Gasteiger charge is -2.54. The molecule has 2 atom stereocenters. The summed E-state index contributed by atoms with van der Waals surface area (Å²) in [5, 5.41) is 3.58. The van der Waals surface area contributed by atoms with Gasteiger partial charge in [-0.2, -0.15) is 0 Å². The van der Waals surface area contributed by atoms with Crippen molar-refractivity contribution in [3.8, 4) is 0 Å². The molecule has 1 N–H and O–H groups in total. The maximum atomic E-state index is 13.1. The maximum absolute atomic E-state index is 13.1. The fourth-order valence-electron chi connectivity index (χ4n) is 7.27. The Balaban J connectivity index is 1.20. The summed E-state index contributed by atoms with van der Waals surface area (Å²) in [6.07, 6.45) is 10.6. The average Bonchev–Trinajstić information content (AvgIpc) is 3.19. The number of likely N-dealkylation sites (tertiary alicyclic amines) is 2. The van der Waals surface area contributed by atoms with E-state index in [1.54, 1.807) is 0 Å². The van der Waals surface area contributed by atoms with Crippen molar-refractivity contribution in [2.75, 3.05) is 33.2 Å². The van der Waals surface area contributed by atoms with Crippen molar-refractivity contribution in [2.24, 2.45) is 29.6 Å². The lowest BCUT2D eigenvalue weighted by atomic mass is 9.54. The summed E-state index contributed by atoms with van der Waals surface area (Å²) in [4.78, 5) is 18.1. The van der Waals surface area contributed by atoms with Gasteiger partial charge in [-0.05, 0) is 101 Å². The van der Waals surface area contributed by atoms with Gasteiger partial charge in [-0.15, -0.1) is 0 Å². The van der Waals surface area contributed by atoms with Gasteiger partial charge in [-0.25, -0.2) is 0 Å². The van der Waals surface area contributed by atoms with Crippen molar-refractivity contribution < 1.29 is 4.79 Å². The molecule has 4 aliphatic carbocycles. The fraction of sp³-hybridized carbons (Fsp3) is 0.952. The topological polar surface area (TPSA) is 35.6 Å². The quantitative estimate of drug-likeness (QED) is 0.849. The summed E-state index contributed by atoms with van der Waals surface area (Å²) < 4.78 is 0. The van der Waals surface area contributed by atoms with E-state index in [0.717, 1.165) is 49.1 Å². The summed E-state index contributed by atoms with van der Waals surface area (Å²) in [6, 6.07) is 0.656. The number of amides is 1. The summed E-state index contributed by atoms with van der Waals surface area (Å²) >= 11 is 0. The van der Waals surface area contributed by atoms with Crippen molar-refractivity contribution in [1.82, 2.24) is 15.1 Å². The highest BCUT2D eigenvalue weighted by Gasteiger charge is 2.49. The van der Waals surface area contributed by atoms with Gasteiger partial charge in [0.25, 0.3) is 0 Å². The molecule has 1 amide bonds. The number of rotatable bonds is 4. The molecule has 0 radical (unpaired) electrons. The van der Waals surface area contributed by atoms with E-state index < -0.39 is 0 Å². The first kappa shape index (κ1) is 16.6. The Morgan fingerprint density at radius 3 is 2.36 bits per heavy atom. The molecular formula is C21H35N3O. The number of hydrogen-bond donors (Lipinski definition) is 1. The van der Waals surface area contributed by atoms with Gasteiger partial charge in [0, 0.05) is 19.1 Å². The summed E-state index contributed by atoms with van der Waals surface area (Å²) in [5.74, 6) is 4.67. The molecule has 1 unspecified atom stereocenters. The van der Waals surface area contributed by atoms with Crippen molar-refractivity contribution in [3.05, 3.63) is 0 Å². The first-order valence-electron chi connectivity index (χ1n) is 10.9. The van der Waals surface area contributed by atoms with E-state index >= 15 is 0 Å². The molecule has 6 aliphatic rings. The molecule has 2 saturated heterocycles. The smallest absolute Gasteiger partial charge is 0.237 e. The Morgan fingerprint density at radius 2 is 1.72 bits per heavy atom. The van der Waals surface area contributed by atoms with Crippen LogP contribution in [0.3, 0.4) is 0 Å². The number of nitrogens with zero attached hydrogens (tertiary/aromatic N) is 2. The molecule has 4 bridgehead atoms. The maximum Gasteiger partial charge on any atom is 0.237 e. The Labute approximate surface area is 152 Å². The third-order valence-corrected chi connectivity index (χ3v) is 8.18. The van der Waals surface area contributed by atoms with Gasteiger partial charge in [0.1, 0.15) is 0 Å². The highest BCUT2D eigenvalue weighted by molar-refractivity contribution is 5.82. The molecule has 140 valence electrons. The van der Waals surface area contributed by atoms with Gasteiger partial charge in [-0.3, -0.25) is 9.69 Å². The molecule has 4 heteroatoms. The minimum Gasteiger partial charge on any atom is -0.351 e. The van der Waals surface area contributed by atoms with Crippen LogP contribution in [-0.2, 0) is 4.79 Å². The first-order valence-corrected chi connectivity index (χ1v) is 10.9. The van der Waals surface area contributed by atoms with Crippen molar-refractivity contribution >= 4 is 5.91 Å². The van der Waals surface area contributed by atoms with Crippen LogP contribution >= 0.6 is 0 Å². The minimum atomic E-state index is 0.156. The second-order valence-electron chi connectivity index (χ2n) is 10.0. The average molecular weight is 346 g/mol. The zero-order valence-corrected chi connectivity index (χ0v) is 15.8. The molecule has 0 aromatic rings. The third-order valence-electron chi connectivity index (χ3n) is 8.18. The zero-order chi connectivity index (χ0) is 17.0. The van der Waals surface area contributed by atoms with E-state index in [1.165, 1.54) is 58.0 Å². The predicted octanol–water partition coefficient (Wildman–Crippen LogP) is 2.34. The Bertz CT molecular complexity index is 493. The molecule has 6 fully saturated rings. The van der Waals surface area contributed by atoms with E-state index in [2.05, 4.69) is 22.2 Å². The van der Waals surface area contributed by atoms with Gasteiger partial charge >= 0.3 is 0 Å². The number of carbonyl (C=O) groups excluding carboxylic acids is 1. The van der Waals surface area contributed by atoms with Gasteiger partial charge in [0.05, 0.1) is 6.04 Å². The molecule has 0 spiro atoms. The molecule has 4 saturated carbocycles. The molecular weight excluding hydrogens is 310 g/mol. The Morgan fingerprint density at radius 1 is 1.00 bits per heavy atom. The van der Waals surface area contributed by atoms with Crippen LogP contribution in [0.2, 0.25) is 0 Å². The van der Waals surface area contributed by atoms with Crippen LogP contribution in [0.1, 0.15) is 51.4 Å². The SMILES string of the molecule is CN1CCC(CN2CCC[C@@H]2C(=O)NC2C3CC4CC(C3)CC2C4)C1. The fourth-order valence-corrected chi connectivity index (χ4v) is 7.27. The molecule has 2 aliphatic heterocycles. The van der Waals surface area contributed by atoms with E-state index in [0.29, 0.717) is 11.9 Å². The molecule has 0 aromatic heterocycles. The van der Waals surface area contributed by atoms with Crippen LogP contribution in [0.15, 0.2) is 0 Å². The molecule has 0 aromatic carbocycles. The van der Waals surface area contributed by atoms with Crippen molar-refractivity contribution in [1.29, 1.82) is 0 Å². The molecule has 2 heterocycles. The highest BCUT2D eigenvalue weighted by Crippen LogP contribution is 2.53. The zero-order valence-electron chi connectivity index (χ0n) is 15.8. The summed E-state index contributed by atoms with van der Waals surface area (Å²) in [7, 11) is 2.22. The van der Waals surface area contributed by atoms with Crippen LogP contribution in [-0.4, -0.2) is 61.0 Å². The first-order chi connectivity index (χ1) is 12.2. The largest absolute Gasteiger partial charge is 0.351 e. The lowest BCUT2D eigenvalue weighted by molar-refractivity contribution is -0.129. The van der Waals surface area contributed by atoms with E-state index in [1.807, 2.05) is 0 Å². The molecule has 25 heavy (non-hydrogen) atoms. The van der Waals surface area contributed by atoms with Gasteiger partial charge in [0.2, 0.25) is 5.91 Å². The number of hydrogen-bond acceptors (Lipinski definition) is 3. The minimum absolute atomic E-state index is 0.156. The summed E-state index contributed by atoms with van der Waals surface area (Å²) in [5.41, 5.74) is 0. The molecule has 4 nitrogen and oxygen atoms in total. The summed E-state index contributed by atoms with van der Waals surface area (Å²) in [6.45, 7) is 4.69. The Kier molecular flexibility index (Phi) is 4.32. The normalized spacial score (nSPS) is 46.8. The second-order valence-corrected chi connectivity index (χ2v) is 10.0. The number of nitrogens with one attached hydrogen (secondary N) is 1. The third kappa shape index (κ3) is 3.14. The van der Waals surface area contributed by atoms with Gasteiger partial charge in [-0.1, -0.05) is 0 Å². The van der Waals surface area contributed by atoms with Gasteiger partial charge in [0.15, 0.2) is 0 Å². The van der Waals surface area contributed by atoms with Crippen LogP contribution in [0.5, 0.6) is 0 Å². The predicted molar refractivity (Wildman–Crippen MR) is 99.2 cm³/mol.